The van der Waals surface area contributed by atoms with Gasteiger partial charge in [0, 0.05) is 6.54 Å². The molecule has 1 aliphatic heterocycles. The predicted molar refractivity (Wildman–Crippen MR) is 164 cm³/mol. The van der Waals surface area contributed by atoms with Gasteiger partial charge in [0.2, 0.25) is 0 Å². The highest BCUT2D eigenvalue weighted by Crippen LogP contribution is 2.36. The lowest BCUT2D eigenvalue weighted by Gasteiger charge is -2.22. The van der Waals surface area contributed by atoms with Gasteiger partial charge in [0.25, 0.3) is 0 Å². The topological polar surface area (TPSA) is 49.6 Å². The molecule has 0 radical (unpaired) electrons. The predicted octanol–water partition coefficient (Wildman–Crippen LogP) is 7.56. The van der Waals surface area contributed by atoms with E-state index in [4.69, 9.17) is 5.73 Å². The Bertz CT molecular complexity index is 1430. The third-order valence-corrected chi connectivity index (χ3v) is 7.22. The first-order valence-corrected chi connectivity index (χ1v) is 13.5. The Labute approximate surface area is 231 Å². The van der Waals surface area contributed by atoms with Crippen LogP contribution in [0.15, 0.2) is 103 Å². The summed E-state index contributed by atoms with van der Waals surface area (Å²) in [4.78, 5) is 15.5. The van der Waals surface area contributed by atoms with Crippen molar-refractivity contribution in [1.82, 2.24) is 4.90 Å². The van der Waals surface area contributed by atoms with Gasteiger partial charge in [-0.15, -0.1) is 0 Å². The summed E-state index contributed by atoms with van der Waals surface area (Å²) in [5.74, 6) is 0. The second kappa shape index (κ2) is 12.0. The fourth-order valence-corrected chi connectivity index (χ4v) is 5.31. The summed E-state index contributed by atoms with van der Waals surface area (Å²) in [6.45, 7) is 1.09. The Morgan fingerprint density at radius 1 is 0.744 bits per heavy atom. The molecule has 2 amide bonds. The van der Waals surface area contributed by atoms with Gasteiger partial charge in [-0.3, -0.25) is 4.90 Å². The second-order valence-corrected chi connectivity index (χ2v) is 10.1. The van der Waals surface area contributed by atoms with Crippen LogP contribution in [-0.4, -0.2) is 31.6 Å². The van der Waals surface area contributed by atoms with Crippen LogP contribution in [0.3, 0.4) is 0 Å². The first-order valence-electron chi connectivity index (χ1n) is 13.5. The fourth-order valence-electron chi connectivity index (χ4n) is 5.31. The third-order valence-electron chi connectivity index (χ3n) is 7.22. The van der Waals surface area contributed by atoms with Crippen molar-refractivity contribution in [3.8, 4) is 0 Å². The Hall–Kier alpha value is -4.41. The standard InChI is InChI=1S/C20H23N.C15H12N2O/c1-21(2)15-7-12-20-18-10-5-3-8-16(18)13-14-17-9-4-6-11-19(17)20;16-15(18)17-13-7-3-1-5-11(13)9-10-12-6-2-4-8-14(12)17/h3-6,8-12H,7,13-15H2,1-2H3;1-10H,(H2,16,18). The minimum absolute atomic E-state index is 0.474. The Balaban J connectivity index is 0.000000160. The molecule has 1 aliphatic carbocycles. The Morgan fingerprint density at radius 3 is 1.69 bits per heavy atom. The molecular formula is C35H35N3O. The van der Waals surface area contributed by atoms with Gasteiger partial charge in [0.05, 0.1) is 11.4 Å². The highest BCUT2D eigenvalue weighted by Gasteiger charge is 2.21. The molecule has 0 aromatic heterocycles. The monoisotopic (exact) mass is 513 g/mol. The maximum atomic E-state index is 11.8. The van der Waals surface area contributed by atoms with E-state index in [1.165, 1.54) is 27.8 Å². The molecule has 39 heavy (non-hydrogen) atoms. The number of hydrogen-bond donors (Lipinski definition) is 1. The maximum absolute atomic E-state index is 11.8. The molecule has 0 spiro atoms. The van der Waals surface area contributed by atoms with Gasteiger partial charge in [-0.05, 0) is 84.4 Å². The van der Waals surface area contributed by atoms with Crippen LogP contribution in [0.1, 0.15) is 39.8 Å². The molecule has 4 heteroatoms. The van der Waals surface area contributed by atoms with Crippen molar-refractivity contribution in [3.63, 3.8) is 0 Å². The van der Waals surface area contributed by atoms with E-state index in [-0.39, 0.29) is 0 Å². The Morgan fingerprint density at radius 2 is 1.21 bits per heavy atom. The smallest absolute Gasteiger partial charge is 0.323 e. The molecule has 0 saturated heterocycles. The number of amides is 2. The number of urea groups is 1. The van der Waals surface area contributed by atoms with E-state index in [1.54, 1.807) is 4.90 Å². The molecule has 2 N–H and O–H groups in total. The third kappa shape index (κ3) is 5.87. The lowest BCUT2D eigenvalue weighted by molar-refractivity contribution is 0.256. The van der Waals surface area contributed by atoms with E-state index in [9.17, 15) is 4.79 Å². The molecule has 6 rings (SSSR count). The highest BCUT2D eigenvalue weighted by atomic mass is 16.2. The van der Waals surface area contributed by atoms with Crippen LogP contribution >= 0.6 is 0 Å². The van der Waals surface area contributed by atoms with Crippen molar-refractivity contribution >= 4 is 35.1 Å². The summed E-state index contributed by atoms with van der Waals surface area (Å²) in [6, 6.07) is 32.7. The van der Waals surface area contributed by atoms with Crippen LogP contribution < -0.4 is 10.6 Å². The van der Waals surface area contributed by atoms with Crippen molar-refractivity contribution in [2.24, 2.45) is 5.73 Å². The molecule has 2 aliphatic rings. The first-order chi connectivity index (χ1) is 19.0. The van der Waals surface area contributed by atoms with Gasteiger partial charge in [0.1, 0.15) is 0 Å². The number of aryl methyl sites for hydroxylation is 2. The number of primary amides is 1. The van der Waals surface area contributed by atoms with Gasteiger partial charge in [-0.2, -0.15) is 0 Å². The number of para-hydroxylation sites is 2. The molecule has 196 valence electrons. The number of anilines is 2. The lowest BCUT2D eigenvalue weighted by atomic mass is 9.93. The molecule has 0 bridgehead atoms. The van der Waals surface area contributed by atoms with Crippen LogP contribution in [0.4, 0.5) is 16.2 Å². The number of hydrogen-bond acceptors (Lipinski definition) is 2. The van der Waals surface area contributed by atoms with Crippen molar-refractivity contribution < 1.29 is 4.79 Å². The number of benzene rings is 4. The van der Waals surface area contributed by atoms with E-state index >= 15 is 0 Å². The van der Waals surface area contributed by atoms with E-state index in [0.29, 0.717) is 0 Å². The quantitative estimate of drug-likeness (QED) is 0.307. The largest absolute Gasteiger partial charge is 0.351 e. The summed E-state index contributed by atoms with van der Waals surface area (Å²) < 4.78 is 0. The zero-order chi connectivity index (χ0) is 27.2. The number of carbonyl (C=O) groups excluding carboxylic acids is 1. The van der Waals surface area contributed by atoms with Crippen molar-refractivity contribution in [3.05, 3.63) is 137 Å². The SMILES string of the molecule is CN(C)CCC=C1c2ccccc2CCc2ccccc21.NC(=O)N1c2ccccc2C=Cc2ccccc21. The molecule has 4 aromatic rings. The van der Waals surface area contributed by atoms with Crippen LogP contribution in [0, 0.1) is 0 Å². The zero-order valence-electron chi connectivity index (χ0n) is 22.7. The van der Waals surface area contributed by atoms with Gasteiger partial charge >= 0.3 is 6.03 Å². The van der Waals surface area contributed by atoms with Crippen molar-refractivity contribution in [2.75, 3.05) is 25.5 Å². The number of nitrogens with two attached hydrogens (primary N) is 1. The summed E-state index contributed by atoms with van der Waals surface area (Å²) in [7, 11) is 4.26. The van der Waals surface area contributed by atoms with Gasteiger partial charge < -0.3 is 10.6 Å². The highest BCUT2D eigenvalue weighted by molar-refractivity contribution is 6.04. The lowest BCUT2D eigenvalue weighted by Crippen LogP contribution is -2.32. The van der Waals surface area contributed by atoms with Crippen LogP contribution in [0.5, 0.6) is 0 Å². The summed E-state index contributed by atoms with van der Waals surface area (Å²) in [5.41, 5.74) is 16.3. The molecule has 4 nitrogen and oxygen atoms in total. The minimum atomic E-state index is -0.474. The number of carbonyl (C=O) groups is 1. The molecule has 0 fully saturated rings. The minimum Gasteiger partial charge on any atom is -0.351 e. The summed E-state index contributed by atoms with van der Waals surface area (Å²) in [5, 5.41) is 0. The van der Waals surface area contributed by atoms with Crippen LogP contribution in [-0.2, 0) is 12.8 Å². The van der Waals surface area contributed by atoms with Crippen molar-refractivity contribution in [2.45, 2.75) is 19.3 Å². The van der Waals surface area contributed by atoms with Gasteiger partial charge in [-0.1, -0.05) is 103 Å². The van der Waals surface area contributed by atoms with E-state index in [0.717, 1.165) is 48.3 Å². The molecule has 0 unspecified atom stereocenters. The normalized spacial score (nSPS) is 13.1. The van der Waals surface area contributed by atoms with Crippen molar-refractivity contribution in [1.29, 1.82) is 0 Å². The maximum Gasteiger partial charge on any atom is 0.323 e. The average Bonchev–Trinajstić information content (AvgIpc) is 3.22. The Kier molecular flexibility index (Phi) is 8.04. The number of rotatable bonds is 3. The fraction of sp³-hybridized carbons (Fsp3) is 0.171. The van der Waals surface area contributed by atoms with Crippen LogP contribution in [0.2, 0.25) is 0 Å². The summed E-state index contributed by atoms with van der Waals surface area (Å²) >= 11 is 0. The van der Waals surface area contributed by atoms with Gasteiger partial charge in [-0.25, -0.2) is 4.79 Å². The van der Waals surface area contributed by atoms with E-state index < -0.39 is 6.03 Å². The summed E-state index contributed by atoms with van der Waals surface area (Å²) in [6.07, 6.45) is 9.78. The molecule has 1 heterocycles. The van der Waals surface area contributed by atoms with E-state index in [2.05, 4.69) is 73.6 Å². The molecule has 0 atom stereocenters. The average molecular weight is 514 g/mol. The van der Waals surface area contributed by atoms with E-state index in [1.807, 2.05) is 60.7 Å². The molecule has 4 aromatic carbocycles. The second-order valence-electron chi connectivity index (χ2n) is 10.1. The van der Waals surface area contributed by atoms with Crippen LogP contribution in [0.25, 0.3) is 17.7 Å². The van der Waals surface area contributed by atoms with Gasteiger partial charge in [0.15, 0.2) is 0 Å². The molecular weight excluding hydrogens is 478 g/mol. The number of nitrogens with zero attached hydrogens (tertiary/aromatic N) is 2. The first kappa shape index (κ1) is 26.2. The zero-order valence-corrected chi connectivity index (χ0v) is 22.7. The molecule has 0 saturated carbocycles. The number of fused-ring (bicyclic) bond motifs is 4.